The first-order chi connectivity index (χ1) is 14.4. The molecule has 1 saturated heterocycles. The minimum atomic E-state index is -0.787. The number of nitrogens with one attached hydrogen (secondary N) is 1. The molecule has 2 atom stereocenters. The zero-order valence-electron chi connectivity index (χ0n) is 17.1. The summed E-state index contributed by atoms with van der Waals surface area (Å²) < 4.78 is 20.0. The summed E-state index contributed by atoms with van der Waals surface area (Å²) in [5.74, 6) is -1.09. The molecule has 0 saturated carbocycles. The Morgan fingerprint density at radius 3 is 2.67 bits per heavy atom. The fraction of sp³-hybridized carbons (Fsp3) is 0.304. The second-order valence-corrected chi connectivity index (χ2v) is 7.34. The summed E-state index contributed by atoms with van der Waals surface area (Å²) in [7, 11) is 0. The minimum absolute atomic E-state index is 0.0259. The zero-order valence-corrected chi connectivity index (χ0v) is 17.1. The number of allylic oxidation sites excluding steroid dienone is 1. The van der Waals surface area contributed by atoms with Gasteiger partial charge in [0.15, 0.2) is 0 Å². The van der Waals surface area contributed by atoms with Gasteiger partial charge in [-0.25, -0.2) is 4.39 Å². The second-order valence-electron chi connectivity index (χ2n) is 7.34. The summed E-state index contributed by atoms with van der Waals surface area (Å²) >= 11 is 0. The van der Waals surface area contributed by atoms with Crippen LogP contribution in [0.2, 0.25) is 0 Å². The van der Waals surface area contributed by atoms with Crippen LogP contribution in [0.15, 0.2) is 47.6 Å². The average Bonchev–Trinajstić information content (AvgIpc) is 3.14. The van der Waals surface area contributed by atoms with E-state index in [0.29, 0.717) is 12.0 Å². The number of hydrogen-bond acceptors (Lipinski definition) is 5. The molecule has 0 spiro atoms. The maximum absolute atomic E-state index is 14.8. The van der Waals surface area contributed by atoms with Gasteiger partial charge in [0.25, 0.3) is 5.91 Å². The normalized spacial score (nSPS) is 19.1. The molecule has 2 unspecified atom stereocenters. The van der Waals surface area contributed by atoms with E-state index in [2.05, 4.69) is 10.3 Å². The van der Waals surface area contributed by atoms with Crippen LogP contribution in [0.4, 0.5) is 10.1 Å². The molecule has 1 heterocycles. The molecule has 3 rings (SSSR count). The van der Waals surface area contributed by atoms with Crippen molar-refractivity contribution in [1.82, 2.24) is 5.32 Å². The van der Waals surface area contributed by atoms with Crippen LogP contribution < -0.4 is 11.1 Å². The number of aliphatic imine (C=N–C) groups is 1. The topological polar surface area (TPSA) is 96.9 Å². The SMILES string of the molecule is Cc1c(Cc2ccc(N=CC=CN)cc2)cc(C(=O)NC2COCC2O)c(F)c1C. The van der Waals surface area contributed by atoms with E-state index in [1.165, 1.54) is 6.20 Å². The summed E-state index contributed by atoms with van der Waals surface area (Å²) in [4.78, 5) is 16.9. The Hall–Kier alpha value is -3.03. The molecule has 1 amide bonds. The van der Waals surface area contributed by atoms with Gasteiger partial charge in [-0.1, -0.05) is 12.1 Å². The van der Waals surface area contributed by atoms with Gasteiger partial charge in [0.2, 0.25) is 0 Å². The van der Waals surface area contributed by atoms with Crippen molar-refractivity contribution in [2.45, 2.75) is 32.4 Å². The predicted octanol–water partition coefficient (Wildman–Crippen LogP) is 2.70. The molecule has 0 bridgehead atoms. The molecule has 30 heavy (non-hydrogen) atoms. The number of halogens is 1. The van der Waals surface area contributed by atoms with Gasteiger partial charge in [-0.3, -0.25) is 9.79 Å². The highest BCUT2D eigenvalue weighted by Crippen LogP contribution is 2.25. The standard InChI is InChI=1S/C23H26FN3O3/c1-14-15(2)22(24)19(23(29)27-20-12-30-13-21(20)28)11-17(14)10-16-4-6-18(7-5-16)26-9-3-8-25/h3-9,11,20-21,28H,10,12-13,25H2,1-2H3,(H,27,29). The van der Waals surface area contributed by atoms with Crippen LogP contribution in [0.3, 0.4) is 0 Å². The maximum Gasteiger partial charge on any atom is 0.254 e. The van der Waals surface area contributed by atoms with Crippen LogP contribution in [0.5, 0.6) is 0 Å². The van der Waals surface area contributed by atoms with Crippen LogP contribution in [0.1, 0.15) is 32.6 Å². The van der Waals surface area contributed by atoms with Crippen molar-refractivity contribution in [3.05, 3.63) is 76.2 Å². The lowest BCUT2D eigenvalue weighted by atomic mass is 9.93. The molecule has 1 fully saturated rings. The monoisotopic (exact) mass is 411 g/mol. The molecule has 2 aromatic rings. The zero-order chi connectivity index (χ0) is 21.7. The average molecular weight is 411 g/mol. The van der Waals surface area contributed by atoms with Gasteiger partial charge >= 0.3 is 0 Å². The Kier molecular flexibility index (Phi) is 6.97. The molecule has 1 aliphatic heterocycles. The highest BCUT2D eigenvalue weighted by atomic mass is 19.1. The Morgan fingerprint density at radius 1 is 1.30 bits per heavy atom. The van der Waals surface area contributed by atoms with E-state index in [-0.39, 0.29) is 18.8 Å². The number of ether oxygens (including phenoxy) is 1. The lowest BCUT2D eigenvalue weighted by Gasteiger charge is -2.17. The van der Waals surface area contributed by atoms with Crippen molar-refractivity contribution in [1.29, 1.82) is 0 Å². The smallest absolute Gasteiger partial charge is 0.254 e. The van der Waals surface area contributed by atoms with E-state index >= 15 is 0 Å². The third kappa shape index (κ3) is 4.93. The van der Waals surface area contributed by atoms with E-state index < -0.39 is 23.9 Å². The number of carbonyl (C=O) groups excluding carboxylic acids is 1. The molecule has 1 aliphatic rings. The van der Waals surface area contributed by atoms with Gasteiger partial charge in [0.05, 0.1) is 36.6 Å². The molecule has 7 heteroatoms. The number of benzene rings is 2. The van der Waals surface area contributed by atoms with Crippen molar-refractivity contribution >= 4 is 17.8 Å². The van der Waals surface area contributed by atoms with Crippen molar-refractivity contribution in [2.24, 2.45) is 10.7 Å². The summed E-state index contributed by atoms with van der Waals surface area (Å²) in [6.45, 7) is 3.89. The highest BCUT2D eigenvalue weighted by Gasteiger charge is 2.29. The molecule has 0 radical (unpaired) electrons. The van der Waals surface area contributed by atoms with E-state index in [0.717, 1.165) is 22.4 Å². The molecule has 0 aromatic heterocycles. The fourth-order valence-electron chi connectivity index (χ4n) is 3.33. The van der Waals surface area contributed by atoms with Gasteiger partial charge in [-0.2, -0.15) is 0 Å². The summed E-state index contributed by atoms with van der Waals surface area (Å²) in [5, 5.41) is 12.5. The number of aliphatic hydroxyl groups excluding tert-OH is 1. The van der Waals surface area contributed by atoms with Crippen molar-refractivity contribution in [2.75, 3.05) is 13.2 Å². The van der Waals surface area contributed by atoms with Crippen molar-refractivity contribution < 1.29 is 19.0 Å². The number of nitrogens with zero attached hydrogens (tertiary/aromatic N) is 1. The molecule has 158 valence electrons. The number of hydrogen-bond donors (Lipinski definition) is 3. The number of carbonyl (C=O) groups is 1. The molecule has 0 aliphatic carbocycles. The van der Waals surface area contributed by atoms with Crippen LogP contribution >= 0.6 is 0 Å². The largest absolute Gasteiger partial charge is 0.405 e. The van der Waals surface area contributed by atoms with E-state index in [9.17, 15) is 14.3 Å². The van der Waals surface area contributed by atoms with Crippen molar-refractivity contribution in [3.8, 4) is 0 Å². The molecule has 6 nitrogen and oxygen atoms in total. The Labute approximate surface area is 175 Å². The highest BCUT2D eigenvalue weighted by molar-refractivity contribution is 5.95. The van der Waals surface area contributed by atoms with Gasteiger partial charge < -0.3 is 20.9 Å². The Morgan fingerprint density at radius 2 is 2.03 bits per heavy atom. The predicted molar refractivity (Wildman–Crippen MR) is 115 cm³/mol. The van der Waals surface area contributed by atoms with Crippen LogP contribution in [-0.4, -0.2) is 42.6 Å². The maximum atomic E-state index is 14.8. The lowest BCUT2D eigenvalue weighted by molar-refractivity contribution is 0.0882. The molecular formula is C23H26FN3O3. The van der Waals surface area contributed by atoms with E-state index in [4.69, 9.17) is 10.5 Å². The number of amides is 1. The number of rotatable bonds is 6. The van der Waals surface area contributed by atoms with Gasteiger partial charge in [-0.05, 0) is 73.0 Å². The summed E-state index contributed by atoms with van der Waals surface area (Å²) in [6.07, 6.45) is 4.42. The first-order valence-corrected chi connectivity index (χ1v) is 9.75. The first-order valence-electron chi connectivity index (χ1n) is 9.75. The third-order valence-corrected chi connectivity index (χ3v) is 5.29. The Balaban J connectivity index is 1.82. The van der Waals surface area contributed by atoms with E-state index in [1.807, 2.05) is 31.2 Å². The molecule has 2 aromatic carbocycles. The van der Waals surface area contributed by atoms with Gasteiger partial charge in [0, 0.05) is 6.21 Å². The molecule has 4 N–H and O–H groups in total. The quantitative estimate of drug-likeness (QED) is 0.637. The van der Waals surface area contributed by atoms with Crippen LogP contribution in [0, 0.1) is 19.7 Å². The van der Waals surface area contributed by atoms with Gasteiger partial charge in [-0.15, -0.1) is 0 Å². The summed E-state index contributed by atoms with van der Waals surface area (Å²) in [5.41, 5.74) is 9.18. The number of aliphatic hydroxyl groups is 1. The summed E-state index contributed by atoms with van der Waals surface area (Å²) in [6, 6.07) is 8.72. The van der Waals surface area contributed by atoms with Gasteiger partial charge in [0.1, 0.15) is 5.82 Å². The minimum Gasteiger partial charge on any atom is -0.405 e. The molecular weight excluding hydrogens is 385 g/mol. The lowest BCUT2D eigenvalue weighted by Crippen LogP contribution is -2.42. The fourth-order valence-corrected chi connectivity index (χ4v) is 3.33. The van der Waals surface area contributed by atoms with Crippen LogP contribution in [0.25, 0.3) is 0 Å². The van der Waals surface area contributed by atoms with E-state index in [1.54, 1.807) is 25.3 Å². The van der Waals surface area contributed by atoms with Crippen LogP contribution in [-0.2, 0) is 11.2 Å². The number of nitrogens with two attached hydrogens (primary N) is 1. The third-order valence-electron chi connectivity index (χ3n) is 5.29. The first kappa shape index (κ1) is 21.7. The van der Waals surface area contributed by atoms with Crippen molar-refractivity contribution in [3.63, 3.8) is 0 Å². The second kappa shape index (κ2) is 9.65. The Bertz CT molecular complexity index is 971.